The Morgan fingerprint density at radius 2 is 0.790 bits per heavy atom. The number of furan rings is 1. The minimum Gasteiger partial charge on any atom is -0.455 e. The quantitative estimate of drug-likeness (QED) is 0.161. The van der Waals surface area contributed by atoms with Gasteiger partial charge in [0.25, 0.3) is 0 Å². The van der Waals surface area contributed by atoms with Gasteiger partial charge in [0, 0.05) is 53.2 Å². The molecule has 12 rings (SSSR count). The number of benzene rings is 9. The van der Waals surface area contributed by atoms with E-state index in [0.717, 1.165) is 77.6 Å². The Bertz CT molecular complexity index is 3560. The molecule has 290 valence electrons. The number of hydrogen-bond acceptors (Lipinski definition) is 5. The van der Waals surface area contributed by atoms with Gasteiger partial charge in [-0.05, 0) is 81.4 Å². The second kappa shape index (κ2) is 14.9. The molecule has 3 heterocycles. The van der Waals surface area contributed by atoms with Crippen LogP contribution in [0.2, 0.25) is 0 Å². The monoisotopic (exact) mass is 809 g/mol. The van der Waals surface area contributed by atoms with Gasteiger partial charge in [0.05, 0.1) is 0 Å². The summed E-state index contributed by atoms with van der Waals surface area (Å²) in [6.07, 6.45) is 0. The Balaban J connectivity index is 0.976. The van der Waals surface area contributed by atoms with Crippen molar-refractivity contribution in [3.05, 3.63) is 212 Å². The van der Waals surface area contributed by atoms with E-state index in [1.165, 1.54) is 25.7 Å². The van der Waals surface area contributed by atoms with Crippen LogP contribution >= 0.6 is 11.3 Å². The van der Waals surface area contributed by atoms with Crippen molar-refractivity contribution in [3.63, 3.8) is 0 Å². The smallest absolute Gasteiger partial charge is 0.164 e. The summed E-state index contributed by atoms with van der Waals surface area (Å²) >= 11 is 1.84. The Morgan fingerprint density at radius 3 is 1.47 bits per heavy atom. The fourth-order valence-electron chi connectivity index (χ4n) is 8.69. The number of para-hydroxylation sites is 1. The van der Waals surface area contributed by atoms with Crippen molar-refractivity contribution in [2.75, 3.05) is 0 Å². The van der Waals surface area contributed by atoms with Gasteiger partial charge in [-0.15, -0.1) is 11.3 Å². The second-order valence-corrected chi connectivity index (χ2v) is 16.6. The first-order valence-corrected chi connectivity index (χ1v) is 21.6. The first-order valence-electron chi connectivity index (χ1n) is 20.7. The maximum Gasteiger partial charge on any atom is 0.164 e. The Labute approximate surface area is 362 Å². The van der Waals surface area contributed by atoms with Crippen LogP contribution in [-0.4, -0.2) is 15.0 Å². The maximum absolute atomic E-state index is 6.73. The van der Waals surface area contributed by atoms with Gasteiger partial charge < -0.3 is 4.42 Å². The van der Waals surface area contributed by atoms with Crippen LogP contribution in [0.25, 0.3) is 121 Å². The van der Waals surface area contributed by atoms with Crippen LogP contribution in [0.4, 0.5) is 0 Å². The van der Waals surface area contributed by atoms with Gasteiger partial charge in [-0.25, -0.2) is 15.0 Å². The molecular weight excluding hydrogens is 775 g/mol. The molecule has 0 saturated carbocycles. The van der Waals surface area contributed by atoms with E-state index in [1.54, 1.807) is 0 Å². The average Bonchev–Trinajstić information content (AvgIpc) is 3.93. The standard InChI is InChI=1S/C57H35N3OS/c1-4-14-36(15-5-1)42-32-43(37-16-6-2-7-17-37)34-44(33-42)57-59-55(39-18-8-3-9-19-39)58-56(60-57)40-26-24-38(25-27-40)46-31-30-45(53-49-21-10-12-22-50(49)61-54(46)53)41-28-29-48-47-20-11-13-23-51(47)62-52(48)35-41/h1-35H. The lowest BCUT2D eigenvalue weighted by Gasteiger charge is -2.13. The average molecular weight is 810 g/mol. The predicted molar refractivity (Wildman–Crippen MR) is 258 cm³/mol. The second-order valence-electron chi connectivity index (χ2n) is 15.6. The number of nitrogens with zero attached hydrogens (tertiary/aromatic N) is 3. The van der Waals surface area contributed by atoms with Crippen LogP contribution in [0.3, 0.4) is 0 Å². The third-order valence-corrected chi connectivity index (χ3v) is 12.9. The van der Waals surface area contributed by atoms with E-state index in [9.17, 15) is 0 Å². The van der Waals surface area contributed by atoms with E-state index < -0.39 is 0 Å². The van der Waals surface area contributed by atoms with Crippen LogP contribution in [0.15, 0.2) is 217 Å². The topological polar surface area (TPSA) is 51.8 Å². The summed E-state index contributed by atoms with van der Waals surface area (Å²) in [5, 5.41) is 4.81. The lowest BCUT2D eigenvalue weighted by molar-refractivity contribution is 0.670. The minimum atomic E-state index is 0.604. The molecule has 5 heteroatoms. The third-order valence-electron chi connectivity index (χ3n) is 11.7. The van der Waals surface area contributed by atoms with Crippen molar-refractivity contribution in [3.8, 4) is 78.7 Å². The van der Waals surface area contributed by atoms with Crippen molar-refractivity contribution < 1.29 is 4.42 Å². The number of rotatable bonds is 7. The summed E-state index contributed by atoms with van der Waals surface area (Å²) in [5.41, 5.74) is 13.3. The molecule has 3 aromatic heterocycles. The summed E-state index contributed by atoms with van der Waals surface area (Å²) < 4.78 is 9.31. The number of aromatic nitrogens is 3. The Kier molecular flexibility index (Phi) is 8.65. The van der Waals surface area contributed by atoms with E-state index in [2.05, 4.69) is 164 Å². The molecule has 0 aliphatic rings. The zero-order valence-electron chi connectivity index (χ0n) is 33.4. The normalized spacial score (nSPS) is 11.5. The van der Waals surface area contributed by atoms with Gasteiger partial charge >= 0.3 is 0 Å². The molecule has 9 aromatic carbocycles. The molecule has 0 unspecified atom stereocenters. The molecule has 62 heavy (non-hydrogen) atoms. The fourth-order valence-corrected chi connectivity index (χ4v) is 9.84. The zero-order valence-corrected chi connectivity index (χ0v) is 34.2. The van der Waals surface area contributed by atoms with Crippen LogP contribution < -0.4 is 0 Å². The van der Waals surface area contributed by atoms with Crippen LogP contribution in [0, 0.1) is 0 Å². The molecule has 0 spiro atoms. The highest BCUT2D eigenvalue weighted by atomic mass is 32.1. The van der Waals surface area contributed by atoms with Crippen molar-refractivity contribution in [2.45, 2.75) is 0 Å². The lowest BCUT2D eigenvalue weighted by Crippen LogP contribution is -2.00. The van der Waals surface area contributed by atoms with E-state index in [4.69, 9.17) is 19.4 Å². The summed E-state index contributed by atoms with van der Waals surface area (Å²) in [4.78, 5) is 15.4. The molecule has 12 aromatic rings. The molecule has 0 radical (unpaired) electrons. The van der Waals surface area contributed by atoms with E-state index >= 15 is 0 Å². The zero-order chi connectivity index (χ0) is 41.0. The highest BCUT2D eigenvalue weighted by Gasteiger charge is 2.19. The Hall–Kier alpha value is -7.99. The summed E-state index contributed by atoms with van der Waals surface area (Å²) in [6.45, 7) is 0. The summed E-state index contributed by atoms with van der Waals surface area (Å²) in [6, 6.07) is 74.5. The van der Waals surface area contributed by atoms with Gasteiger partial charge in [-0.3, -0.25) is 0 Å². The van der Waals surface area contributed by atoms with Gasteiger partial charge in [0.2, 0.25) is 0 Å². The molecule has 0 fully saturated rings. The SMILES string of the molecule is c1ccc(-c2cc(-c3ccccc3)cc(-c3nc(-c4ccccc4)nc(-c4ccc(-c5ccc(-c6ccc7c(c6)sc6ccccc67)c6c5oc5ccccc56)cc4)n3)c2)cc1. The van der Waals surface area contributed by atoms with Crippen molar-refractivity contribution in [1.29, 1.82) is 0 Å². The molecule has 0 saturated heterocycles. The van der Waals surface area contributed by atoms with Crippen molar-refractivity contribution >= 4 is 53.4 Å². The third kappa shape index (κ3) is 6.35. The minimum absolute atomic E-state index is 0.604. The first kappa shape index (κ1) is 35.9. The first-order chi connectivity index (χ1) is 30.7. The summed E-state index contributed by atoms with van der Waals surface area (Å²) in [5.74, 6) is 1.84. The van der Waals surface area contributed by atoms with E-state index in [0.29, 0.717) is 17.5 Å². The predicted octanol–water partition coefficient (Wildman–Crippen LogP) is 15.8. The molecular formula is C57H35N3OS. The fraction of sp³-hybridized carbons (Fsp3) is 0. The largest absolute Gasteiger partial charge is 0.455 e. The highest BCUT2D eigenvalue weighted by Crippen LogP contribution is 2.44. The molecule has 0 aliphatic heterocycles. The van der Waals surface area contributed by atoms with Crippen LogP contribution in [-0.2, 0) is 0 Å². The lowest BCUT2D eigenvalue weighted by atomic mass is 9.94. The Morgan fingerprint density at radius 1 is 0.306 bits per heavy atom. The molecule has 0 aliphatic carbocycles. The molecule has 0 atom stereocenters. The van der Waals surface area contributed by atoms with Crippen molar-refractivity contribution in [1.82, 2.24) is 15.0 Å². The number of thiophene rings is 1. The van der Waals surface area contributed by atoms with Gasteiger partial charge in [0.1, 0.15) is 11.2 Å². The molecule has 0 N–H and O–H groups in total. The van der Waals surface area contributed by atoms with Gasteiger partial charge in [-0.1, -0.05) is 170 Å². The highest BCUT2D eigenvalue weighted by molar-refractivity contribution is 7.25. The van der Waals surface area contributed by atoms with Crippen LogP contribution in [0.5, 0.6) is 0 Å². The molecule has 0 amide bonds. The van der Waals surface area contributed by atoms with Gasteiger partial charge in [-0.2, -0.15) is 0 Å². The van der Waals surface area contributed by atoms with E-state index in [1.807, 2.05) is 59.9 Å². The van der Waals surface area contributed by atoms with E-state index in [-0.39, 0.29) is 0 Å². The molecule has 4 nitrogen and oxygen atoms in total. The van der Waals surface area contributed by atoms with Crippen molar-refractivity contribution in [2.24, 2.45) is 0 Å². The number of fused-ring (bicyclic) bond motifs is 6. The number of hydrogen-bond donors (Lipinski definition) is 0. The molecule has 0 bridgehead atoms. The summed E-state index contributed by atoms with van der Waals surface area (Å²) in [7, 11) is 0. The van der Waals surface area contributed by atoms with Crippen LogP contribution in [0.1, 0.15) is 0 Å². The maximum atomic E-state index is 6.73. The van der Waals surface area contributed by atoms with Gasteiger partial charge in [0.15, 0.2) is 17.5 Å².